The number of hydrogen-bond acceptors (Lipinski definition) is 6. The maximum Gasteiger partial charge on any atom is 0.250 e. The highest BCUT2D eigenvalue weighted by Gasteiger charge is 2.17. The monoisotopic (exact) mass is 375 g/mol. The molecule has 0 aliphatic carbocycles. The fraction of sp³-hybridized carbons (Fsp3) is 0.316. The van der Waals surface area contributed by atoms with E-state index in [1.807, 2.05) is 42.7 Å². The van der Waals surface area contributed by atoms with Crippen molar-refractivity contribution in [1.82, 2.24) is 0 Å². The van der Waals surface area contributed by atoms with E-state index in [4.69, 9.17) is 18.9 Å². The summed E-state index contributed by atoms with van der Waals surface area (Å²) in [5, 5.41) is 2.86. The van der Waals surface area contributed by atoms with E-state index in [2.05, 4.69) is 5.32 Å². The lowest BCUT2D eigenvalue weighted by Gasteiger charge is -2.21. The van der Waals surface area contributed by atoms with Gasteiger partial charge in [-0.15, -0.1) is 11.8 Å². The summed E-state index contributed by atoms with van der Waals surface area (Å²) in [4.78, 5) is 13.0. The lowest BCUT2D eigenvalue weighted by Crippen LogP contribution is -2.21. The first-order valence-electron chi connectivity index (χ1n) is 8.29. The zero-order valence-corrected chi connectivity index (χ0v) is 15.3. The van der Waals surface area contributed by atoms with Crippen LogP contribution in [0.5, 0.6) is 17.2 Å². The van der Waals surface area contributed by atoms with Crippen LogP contribution in [0.1, 0.15) is 0 Å². The number of amides is 1. The molecule has 2 aromatic carbocycles. The number of carbonyl (C=O) groups is 1. The number of rotatable bonds is 8. The van der Waals surface area contributed by atoms with E-state index >= 15 is 0 Å². The van der Waals surface area contributed by atoms with Crippen LogP contribution in [-0.2, 0) is 9.53 Å². The molecule has 3 rings (SSSR count). The number of hydrogen-bond donors (Lipinski definition) is 1. The number of carbonyl (C=O) groups excluding carboxylic acids is 1. The van der Waals surface area contributed by atoms with Crippen LogP contribution in [0.4, 0.5) is 5.69 Å². The van der Waals surface area contributed by atoms with Crippen LogP contribution in [0.2, 0.25) is 0 Å². The number of para-hydroxylation sites is 1. The first-order chi connectivity index (χ1) is 12.8. The largest absolute Gasteiger partial charge is 0.491 e. The number of ether oxygens (including phenoxy) is 4. The standard InChI is InChI=1S/C19H21NO5S/c1-26-18-12-17-16(24-9-10-25-17)11-15(18)20-19(21)13-22-7-8-23-14-5-3-2-4-6-14/h2-6,11-12H,7-10,13H2,1H3,(H,20,21). The Morgan fingerprint density at radius 2 is 1.85 bits per heavy atom. The lowest BCUT2D eigenvalue weighted by atomic mass is 10.2. The van der Waals surface area contributed by atoms with Crippen LogP contribution in [-0.4, -0.2) is 45.2 Å². The summed E-state index contributed by atoms with van der Waals surface area (Å²) in [6.07, 6.45) is 1.94. The SMILES string of the molecule is CSc1cc2c(cc1NC(=O)COCCOc1ccccc1)OCCO2. The Labute approximate surface area is 156 Å². The van der Waals surface area contributed by atoms with Crippen LogP contribution in [0.25, 0.3) is 0 Å². The van der Waals surface area contributed by atoms with Gasteiger partial charge in [-0.1, -0.05) is 18.2 Å². The molecule has 0 saturated heterocycles. The van der Waals surface area contributed by atoms with Crippen LogP contribution in [0.3, 0.4) is 0 Å². The van der Waals surface area contributed by atoms with Crippen LogP contribution in [0.15, 0.2) is 47.4 Å². The molecule has 26 heavy (non-hydrogen) atoms. The fourth-order valence-electron chi connectivity index (χ4n) is 2.42. The van der Waals surface area contributed by atoms with Gasteiger partial charge in [0.05, 0.1) is 12.3 Å². The predicted octanol–water partition coefficient (Wildman–Crippen LogP) is 3.21. The van der Waals surface area contributed by atoms with Gasteiger partial charge in [0, 0.05) is 11.0 Å². The van der Waals surface area contributed by atoms with E-state index in [-0.39, 0.29) is 12.5 Å². The van der Waals surface area contributed by atoms with Gasteiger partial charge < -0.3 is 24.3 Å². The number of fused-ring (bicyclic) bond motifs is 1. The molecule has 0 saturated carbocycles. The average Bonchev–Trinajstić information content (AvgIpc) is 2.68. The molecule has 7 heteroatoms. The summed E-state index contributed by atoms with van der Waals surface area (Å²) in [5.41, 5.74) is 0.691. The van der Waals surface area contributed by atoms with E-state index in [0.29, 0.717) is 43.6 Å². The lowest BCUT2D eigenvalue weighted by molar-refractivity contribution is -0.120. The minimum atomic E-state index is -0.225. The molecule has 0 aromatic heterocycles. The third-order valence-corrected chi connectivity index (χ3v) is 4.39. The predicted molar refractivity (Wildman–Crippen MR) is 101 cm³/mol. The van der Waals surface area contributed by atoms with Crippen molar-refractivity contribution in [2.45, 2.75) is 4.90 Å². The van der Waals surface area contributed by atoms with Crippen LogP contribution >= 0.6 is 11.8 Å². The molecule has 0 unspecified atom stereocenters. The van der Waals surface area contributed by atoms with Crippen molar-refractivity contribution < 1.29 is 23.7 Å². The highest BCUT2D eigenvalue weighted by atomic mass is 32.2. The van der Waals surface area contributed by atoms with Crippen molar-refractivity contribution in [3.63, 3.8) is 0 Å². The second kappa shape index (κ2) is 9.35. The number of thioether (sulfide) groups is 1. The smallest absolute Gasteiger partial charge is 0.250 e. The summed E-state index contributed by atoms with van der Waals surface area (Å²) in [6.45, 7) is 1.71. The van der Waals surface area contributed by atoms with Gasteiger partial charge in [0.2, 0.25) is 5.91 Å². The molecule has 1 amide bonds. The zero-order valence-electron chi connectivity index (χ0n) is 14.5. The molecule has 2 aromatic rings. The fourth-order valence-corrected chi connectivity index (χ4v) is 2.98. The molecule has 138 valence electrons. The van der Waals surface area contributed by atoms with Gasteiger partial charge >= 0.3 is 0 Å². The second-order valence-electron chi connectivity index (χ2n) is 5.46. The van der Waals surface area contributed by atoms with E-state index < -0.39 is 0 Å². The average molecular weight is 375 g/mol. The number of nitrogens with one attached hydrogen (secondary N) is 1. The Morgan fingerprint density at radius 3 is 2.58 bits per heavy atom. The van der Waals surface area contributed by atoms with Crippen molar-refractivity contribution in [3.8, 4) is 17.2 Å². The van der Waals surface area contributed by atoms with Crippen LogP contribution < -0.4 is 19.5 Å². The van der Waals surface area contributed by atoms with Crippen molar-refractivity contribution >= 4 is 23.4 Å². The molecule has 0 atom stereocenters. The molecule has 1 aliphatic heterocycles. The van der Waals surface area contributed by atoms with Gasteiger partial charge in [0.15, 0.2) is 11.5 Å². The minimum Gasteiger partial charge on any atom is -0.491 e. The third-order valence-electron chi connectivity index (χ3n) is 3.61. The summed E-state index contributed by atoms with van der Waals surface area (Å²) >= 11 is 1.53. The summed E-state index contributed by atoms with van der Waals surface area (Å²) in [5.74, 6) is 1.90. The normalized spacial score (nSPS) is 12.5. The van der Waals surface area contributed by atoms with E-state index in [1.54, 1.807) is 6.07 Å². The molecule has 0 bridgehead atoms. The molecule has 6 nitrogen and oxygen atoms in total. The van der Waals surface area contributed by atoms with Crippen molar-refractivity contribution in [2.24, 2.45) is 0 Å². The Kier molecular flexibility index (Phi) is 6.62. The van der Waals surface area contributed by atoms with Crippen molar-refractivity contribution in [3.05, 3.63) is 42.5 Å². The topological polar surface area (TPSA) is 66.0 Å². The number of anilines is 1. The van der Waals surface area contributed by atoms with E-state index in [9.17, 15) is 4.79 Å². The maximum atomic E-state index is 12.1. The zero-order chi connectivity index (χ0) is 18.2. The maximum absolute atomic E-state index is 12.1. The van der Waals surface area contributed by atoms with Crippen molar-refractivity contribution in [2.75, 3.05) is 44.6 Å². The van der Waals surface area contributed by atoms with Gasteiger partial charge in [-0.25, -0.2) is 0 Å². The molecule has 0 fully saturated rings. The molecule has 1 heterocycles. The number of benzene rings is 2. The van der Waals surface area contributed by atoms with Gasteiger partial charge in [0.25, 0.3) is 0 Å². The van der Waals surface area contributed by atoms with Gasteiger partial charge in [-0.2, -0.15) is 0 Å². The molecule has 1 aliphatic rings. The first kappa shape index (κ1) is 18.4. The summed E-state index contributed by atoms with van der Waals surface area (Å²) in [7, 11) is 0. The van der Waals surface area contributed by atoms with Crippen LogP contribution in [0, 0.1) is 0 Å². The molecular weight excluding hydrogens is 354 g/mol. The molecule has 0 radical (unpaired) electrons. The van der Waals surface area contributed by atoms with Gasteiger partial charge in [-0.05, 0) is 24.5 Å². The van der Waals surface area contributed by atoms with E-state index in [0.717, 1.165) is 10.6 Å². The highest BCUT2D eigenvalue weighted by Crippen LogP contribution is 2.39. The highest BCUT2D eigenvalue weighted by molar-refractivity contribution is 7.98. The quantitative estimate of drug-likeness (QED) is 0.565. The Hall–Kier alpha value is -2.38. The second-order valence-corrected chi connectivity index (χ2v) is 6.31. The minimum absolute atomic E-state index is 0.0413. The van der Waals surface area contributed by atoms with Crippen molar-refractivity contribution in [1.29, 1.82) is 0 Å². The molecular formula is C19H21NO5S. The first-order valence-corrected chi connectivity index (χ1v) is 9.52. The Balaban J connectivity index is 1.45. The summed E-state index contributed by atoms with van der Waals surface area (Å²) < 4.78 is 22.0. The third kappa shape index (κ3) is 5.06. The Morgan fingerprint density at radius 1 is 1.12 bits per heavy atom. The summed E-state index contributed by atoms with van der Waals surface area (Å²) in [6, 6.07) is 13.1. The van der Waals surface area contributed by atoms with Gasteiger partial charge in [-0.3, -0.25) is 4.79 Å². The van der Waals surface area contributed by atoms with E-state index in [1.165, 1.54) is 11.8 Å². The Bertz CT molecular complexity index is 738. The molecule has 1 N–H and O–H groups in total. The molecule has 0 spiro atoms. The van der Waals surface area contributed by atoms with Gasteiger partial charge in [0.1, 0.15) is 32.2 Å².